The summed E-state index contributed by atoms with van der Waals surface area (Å²) in [5.41, 5.74) is 0.266. The quantitative estimate of drug-likeness (QED) is 0.332. The van der Waals surface area contributed by atoms with Crippen molar-refractivity contribution in [1.29, 1.82) is 0 Å². The summed E-state index contributed by atoms with van der Waals surface area (Å²) < 4.78 is 0. The maximum Gasteiger partial charge on any atom is 0.288 e. The van der Waals surface area contributed by atoms with Crippen molar-refractivity contribution in [2.45, 2.75) is 0 Å². The van der Waals surface area contributed by atoms with E-state index in [9.17, 15) is 19.7 Å². The van der Waals surface area contributed by atoms with Crippen molar-refractivity contribution in [2.75, 3.05) is 5.32 Å². The first-order chi connectivity index (χ1) is 6.63. The Bertz CT molecular complexity index is 371. The van der Waals surface area contributed by atoms with Crippen molar-refractivity contribution in [3.05, 3.63) is 34.4 Å². The Morgan fingerprint density at radius 1 is 1.36 bits per heavy atom. The molecule has 0 fully saturated rings. The minimum atomic E-state index is -0.793. The van der Waals surface area contributed by atoms with Crippen molar-refractivity contribution < 1.29 is 14.5 Å². The molecule has 1 amide bonds. The average Bonchev–Trinajstić information content (AvgIpc) is 2.18. The number of rotatable bonds is 3. The molecule has 0 heterocycles. The third kappa shape index (κ3) is 2.37. The highest BCUT2D eigenvalue weighted by Crippen LogP contribution is 2.14. The van der Waals surface area contributed by atoms with E-state index in [1.165, 1.54) is 24.3 Å². The number of non-ortho nitro benzene ring substituents is 1. The highest BCUT2D eigenvalue weighted by atomic mass is 16.6. The SMILES string of the molecule is O=CC(=O)Nc1ccc([N+](=O)[O-])cc1. The van der Waals surface area contributed by atoms with Crippen LogP contribution in [0.4, 0.5) is 11.4 Å². The van der Waals surface area contributed by atoms with Crippen LogP contribution < -0.4 is 5.32 Å². The smallest absolute Gasteiger partial charge is 0.288 e. The number of carbonyl (C=O) groups is 2. The zero-order valence-corrected chi connectivity index (χ0v) is 6.97. The van der Waals surface area contributed by atoms with Crippen LogP contribution in [0, 0.1) is 10.1 Å². The molecule has 0 saturated heterocycles. The summed E-state index contributed by atoms with van der Waals surface area (Å²) in [5.74, 6) is -0.793. The second kappa shape index (κ2) is 4.13. The van der Waals surface area contributed by atoms with Gasteiger partial charge in [0.1, 0.15) is 0 Å². The predicted octanol–water partition coefficient (Wildman–Crippen LogP) is 0.732. The van der Waals surface area contributed by atoms with Crippen molar-refractivity contribution in [3.63, 3.8) is 0 Å². The molecule has 0 atom stereocenters. The number of amides is 1. The minimum absolute atomic E-state index is 0.0749. The topological polar surface area (TPSA) is 89.3 Å². The van der Waals surface area contributed by atoms with Crippen molar-refractivity contribution in [3.8, 4) is 0 Å². The van der Waals surface area contributed by atoms with Gasteiger partial charge in [0, 0.05) is 17.8 Å². The highest BCUT2D eigenvalue weighted by Gasteiger charge is 2.04. The van der Waals surface area contributed by atoms with Gasteiger partial charge in [-0.3, -0.25) is 19.7 Å². The molecule has 0 saturated carbocycles. The molecular formula is C8H6N2O4. The van der Waals surface area contributed by atoms with Crippen LogP contribution in [0.5, 0.6) is 0 Å². The molecule has 0 bridgehead atoms. The van der Waals surface area contributed by atoms with Crippen LogP contribution >= 0.6 is 0 Å². The lowest BCUT2D eigenvalue weighted by molar-refractivity contribution is -0.384. The number of aldehydes is 1. The fraction of sp³-hybridized carbons (Fsp3) is 0. The van der Waals surface area contributed by atoms with Gasteiger partial charge in [-0.1, -0.05) is 0 Å². The number of nitro groups is 1. The molecule has 0 aliphatic heterocycles. The number of nitrogens with zero attached hydrogens (tertiary/aromatic N) is 1. The molecule has 0 radical (unpaired) electrons. The van der Waals surface area contributed by atoms with Crippen LogP contribution in [0.2, 0.25) is 0 Å². The van der Waals surface area contributed by atoms with Crippen LogP contribution in [0.15, 0.2) is 24.3 Å². The Morgan fingerprint density at radius 2 is 1.93 bits per heavy atom. The van der Waals surface area contributed by atoms with Gasteiger partial charge in [0.15, 0.2) is 0 Å². The molecular weight excluding hydrogens is 188 g/mol. The van der Waals surface area contributed by atoms with Gasteiger partial charge in [-0.05, 0) is 12.1 Å². The molecule has 1 N–H and O–H groups in total. The Hall–Kier alpha value is -2.24. The molecule has 14 heavy (non-hydrogen) atoms. The zero-order valence-electron chi connectivity index (χ0n) is 6.97. The van der Waals surface area contributed by atoms with Crippen LogP contribution in [-0.2, 0) is 9.59 Å². The van der Waals surface area contributed by atoms with Gasteiger partial charge in [0.2, 0.25) is 6.29 Å². The van der Waals surface area contributed by atoms with Gasteiger partial charge >= 0.3 is 0 Å². The van der Waals surface area contributed by atoms with Crippen LogP contribution in [-0.4, -0.2) is 17.1 Å². The highest BCUT2D eigenvalue weighted by molar-refractivity contribution is 6.29. The Morgan fingerprint density at radius 3 is 2.36 bits per heavy atom. The van der Waals surface area contributed by atoms with Gasteiger partial charge in [0.05, 0.1) is 4.92 Å². The van der Waals surface area contributed by atoms with E-state index in [0.29, 0.717) is 5.69 Å². The molecule has 0 spiro atoms. The van der Waals surface area contributed by atoms with Crippen molar-refractivity contribution >= 4 is 23.6 Å². The standard InChI is InChI=1S/C8H6N2O4/c11-5-8(12)9-6-1-3-7(4-2-6)10(13)14/h1-5H,(H,9,12). The summed E-state index contributed by atoms with van der Waals surface area (Å²) in [6.07, 6.45) is 0.126. The normalized spacial score (nSPS) is 9.14. The van der Waals surface area contributed by atoms with E-state index in [-0.39, 0.29) is 12.0 Å². The first kappa shape index (κ1) is 9.85. The number of hydrogen-bond donors (Lipinski definition) is 1. The van der Waals surface area contributed by atoms with E-state index in [4.69, 9.17) is 0 Å². The number of nitro benzene ring substituents is 1. The molecule has 0 aliphatic carbocycles. The fourth-order valence-electron chi connectivity index (χ4n) is 0.838. The Balaban J connectivity index is 2.78. The molecule has 6 heteroatoms. The van der Waals surface area contributed by atoms with E-state index in [2.05, 4.69) is 5.32 Å². The summed E-state index contributed by atoms with van der Waals surface area (Å²) in [6, 6.07) is 5.17. The van der Waals surface area contributed by atoms with Crippen LogP contribution in [0.3, 0.4) is 0 Å². The van der Waals surface area contributed by atoms with E-state index in [1.807, 2.05) is 0 Å². The van der Waals surface area contributed by atoms with Gasteiger partial charge in [-0.2, -0.15) is 0 Å². The van der Waals surface area contributed by atoms with Crippen LogP contribution in [0.25, 0.3) is 0 Å². The lowest BCUT2D eigenvalue weighted by atomic mass is 10.3. The maximum atomic E-state index is 10.6. The summed E-state index contributed by atoms with van der Waals surface area (Å²) in [6.45, 7) is 0. The first-order valence-corrected chi connectivity index (χ1v) is 3.64. The Labute approximate surface area is 78.7 Å². The van der Waals surface area contributed by atoms with Crippen molar-refractivity contribution in [1.82, 2.24) is 0 Å². The van der Waals surface area contributed by atoms with E-state index < -0.39 is 10.8 Å². The monoisotopic (exact) mass is 194 g/mol. The molecule has 1 aromatic carbocycles. The lowest BCUT2D eigenvalue weighted by Crippen LogP contribution is -2.11. The molecule has 1 aromatic rings. The molecule has 0 aliphatic rings. The summed E-state index contributed by atoms with van der Waals surface area (Å²) in [7, 11) is 0. The van der Waals surface area contributed by atoms with E-state index in [1.54, 1.807) is 0 Å². The minimum Gasteiger partial charge on any atom is -0.320 e. The molecule has 0 aromatic heterocycles. The number of hydrogen-bond acceptors (Lipinski definition) is 4. The number of benzene rings is 1. The molecule has 1 rings (SSSR count). The first-order valence-electron chi connectivity index (χ1n) is 3.64. The predicted molar refractivity (Wildman–Crippen MR) is 47.8 cm³/mol. The lowest BCUT2D eigenvalue weighted by Gasteiger charge is -1.98. The van der Waals surface area contributed by atoms with E-state index >= 15 is 0 Å². The van der Waals surface area contributed by atoms with Gasteiger partial charge in [-0.15, -0.1) is 0 Å². The van der Waals surface area contributed by atoms with Gasteiger partial charge in [0.25, 0.3) is 11.6 Å². The molecule has 0 unspecified atom stereocenters. The van der Waals surface area contributed by atoms with Crippen molar-refractivity contribution in [2.24, 2.45) is 0 Å². The zero-order chi connectivity index (χ0) is 10.6. The number of nitrogens with one attached hydrogen (secondary N) is 1. The largest absolute Gasteiger partial charge is 0.320 e. The summed E-state index contributed by atoms with van der Waals surface area (Å²) in [5, 5.41) is 12.5. The van der Waals surface area contributed by atoms with Gasteiger partial charge in [-0.25, -0.2) is 0 Å². The fourth-order valence-corrected chi connectivity index (χ4v) is 0.838. The van der Waals surface area contributed by atoms with E-state index in [0.717, 1.165) is 0 Å². The number of carbonyl (C=O) groups excluding carboxylic acids is 2. The molecule has 6 nitrogen and oxygen atoms in total. The summed E-state index contributed by atoms with van der Waals surface area (Å²) >= 11 is 0. The third-order valence-corrected chi connectivity index (χ3v) is 1.45. The van der Waals surface area contributed by atoms with Crippen LogP contribution in [0.1, 0.15) is 0 Å². The average molecular weight is 194 g/mol. The second-order valence-corrected chi connectivity index (χ2v) is 2.41. The maximum absolute atomic E-state index is 10.6. The molecule has 72 valence electrons. The third-order valence-electron chi connectivity index (χ3n) is 1.45. The number of anilines is 1. The Kier molecular flexibility index (Phi) is 2.90. The summed E-state index contributed by atoms with van der Waals surface area (Å²) in [4.78, 5) is 30.3. The van der Waals surface area contributed by atoms with Gasteiger partial charge < -0.3 is 5.32 Å². The second-order valence-electron chi connectivity index (χ2n) is 2.41.